The van der Waals surface area contributed by atoms with Gasteiger partial charge < -0.3 is 14.8 Å². The summed E-state index contributed by atoms with van der Waals surface area (Å²) in [5, 5.41) is 7.54. The Kier molecular flexibility index (Phi) is 17.1. The minimum absolute atomic E-state index is 0.126. The maximum absolute atomic E-state index is 12.6. The number of nitrogens with one attached hydrogen (secondary N) is 1. The summed E-state index contributed by atoms with van der Waals surface area (Å²) in [6, 6.07) is 8.78. The molecule has 0 spiro atoms. The number of hydrogen-bond acceptors (Lipinski definition) is 6. The fraction of sp³-hybridized carbons (Fsp3) is 0.704. The molecular weight excluding hydrogens is 480 g/mol. The minimum atomic E-state index is -3.62. The largest absolute Gasteiger partial charge is 0.464 e. The molecule has 2 atom stereocenters. The summed E-state index contributed by atoms with van der Waals surface area (Å²) in [7, 11) is -3.62. The first-order valence-corrected chi connectivity index (χ1v) is 15.1. The zero-order chi connectivity index (χ0) is 26.7. The van der Waals surface area contributed by atoms with Gasteiger partial charge in [0.1, 0.15) is 0 Å². The predicted octanol–water partition coefficient (Wildman–Crippen LogP) is 5.32. The second-order valence-corrected chi connectivity index (χ2v) is 11.0. The van der Waals surface area contributed by atoms with Crippen molar-refractivity contribution < 1.29 is 27.5 Å². The molecular formula is C27H46N2O6S. The second-order valence-electron chi connectivity index (χ2n) is 9.18. The van der Waals surface area contributed by atoms with Crippen molar-refractivity contribution in [3.63, 3.8) is 0 Å². The molecule has 0 aliphatic heterocycles. The number of rotatable bonds is 21. The van der Waals surface area contributed by atoms with Crippen LogP contribution in [0.3, 0.4) is 0 Å². The van der Waals surface area contributed by atoms with E-state index in [0.717, 1.165) is 19.3 Å². The van der Waals surface area contributed by atoms with Gasteiger partial charge in [0.25, 0.3) is 5.91 Å². The molecule has 0 aliphatic rings. The van der Waals surface area contributed by atoms with E-state index in [2.05, 4.69) is 12.2 Å². The quantitative estimate of drug-likeness (QED) is 0.127. The van der Waals surface area contributed by atoms with Crippen LogP contribution in [-0.2, 0) is 29.1 Å². The van der Waals surface area contributed by atoms with Gasteiger partial charge in [0.2, 0.25) is 16.1 Å². The van der Waals surface area contributed by atoms with Crippen LogP contribution < -0.4 is 10.5 Å². The van der Waals surface area contributed by atoms with Gasteiger partial charge in [-0.1, -0.05) is 82.9 Å². The normalized spacial score (nSPS) is 13.2. The Hall–Kier alpha value is -1.97. The van der Waals surface area contributed by atoms with Gasteiger partial charge in [-0.05, 0) is 44.7 Å². The lowest BCUT2D eigenvalue weighted by atomic mass is 10.0. The molecule has 1 amide bonds. The van der Waals surface area contributed by atoms with Gasteiger partial charge in [-0.25, -0.2) is 18.4 Å². The Bertz CT molecular complexity index is 832. The molecule has 9 heteroatoms. The third kappa shape index (κ3) is 14.6. The van der Waals surface area contributed by atoms with E-state index in [-0.39, 0.29) is 13.2 Å². The molecule has 1 rings (SSSR count). The zero-order valence-electron chi connectivity index (χ0n) is 22.1. The third-order valence-electron chi connectivity index (χ3n) is 6.08. The number of nitrogens with two attached hydrogens (primary N) is 1. The molecule has 2 unspecified atom stereocenters. The smallest absolute Gasteiger partial charge is 0.345 e. The fourth-order valence-electron chi connectivity index (χ4n) is 4.03. The summed E-state index contributed by atoms with van der Waals surface area (Å²) in [5.41, 5.74) is 0.549. The van der Waals surface area contributed by atoms with Crippen molar-refractivity contribution in [2.75, 3.05) is 18.5 Å². The number of ether oxygens (including phenoxy) is 2. The summed E-state index contributed by atoms with van der Waals surface area (Å²) in [6.07, 6.45) is 11.2. The van der Waals surface area contributed by atoms with E-state index in [1.165, 1.54) is 38.5 Å². The van der Waals surface area contributed by atoms with Crippen molar-refractivity contribution in [1.29, 1.82) is 0 Å². The first-order valence-electron chi connectivity index (χ1n) is 13.4. The van der Waals surface area contributed by atoms with Crippen molar-refractivity contribution in [2.45, 2.75) is 109 Å². The van der Waals surface area contributed by atoms with E-state index in [0.29, 0.717) is 31.4 Å². The Balaban J connectivity index is 2.39. The average molecular weight is 527 g/mol. The number of sulfonamides is 1. The minimum Gasteiger partial charge on any atom is -0.464 e. The van der Waals surface area contributed by atoms with Crippen LogP contribution in [0.1, 0.15) is 97.3 Å². The number of benzene rings is 1. The van der Waals surface area contributed by atoms with Crippen LogP contribution in [-0.4, -0.2) is 44.9 Å². The van der Waals surface area contributed by atoms with E-state index < -0.39 is 33.3 Å². The number of anilines is 1. The van der Waals surface area contributed by atoms with Crippen molar-refractivity contribution in [2.24, 2.45) is 5.14 Å². The number of hydrogen-bond donors (Lipinski definition) is 2. The van der Waals surface area contributed by atoms with Crippen molar-refractivity contribution in [1.82, 2.24) is 0 Å². The van der Waals surface area contributed by atoms with Crippen molar-refractivity contribution in [3.05, 3.63) is 30.3 Å². The van der Waals surface area contributed by atoms with Gasteiger partial charge in [0, 0.05) is 12.3 Å². The fourth-order valence-corrected chi connectivity index (χ4v) is 5.02. The molecule has 0 fully saturated rings. The monoisotopic (exact) mass is 526 g/mol. The van der Waals surface area contributed by atoms with Crippen LogP contribution in [0.25, 0.3) is 0 Å². The van der Waals surface area contributed by atoms with E-state index in [1.807, 2.05) is 6.07 Å². The SMILES string of the molecule is CCCCCCCCCCCC(CCCCOC(C(=O)Nc1ccccc1)C(=O)OCC)S(N)(=O)=O. The Morgan fingerprint density at radius 3 is 1.97 bits per heavy atom. The van der Waals surface area contributed by atoms with Crippen LogP contribution >= 0.6 is 0 Å². The molecule has 3 N–H and O–H groups in total. The summed E-state index contributed by atoms with van der Waals surface area (Å²) >= 11 is 0. The number of amides is 1. The molecule has 0 aliphatic carbocycles. The maximum Gasteiger partial charge on any atom is 0.345 e. The summed E-state index contributed by atoms with van der Waals surface area (Å²) in [6.45, 7) is 4.12. The van der Waals surface area contributed by atoms with Gasteiger partial charge in [-0.2, -0.15) is 0 Å². The molecule has 1 aromatic rings. The molecule has 36 heavy (non-hydrogen) atoms. The highest BCUT2D eigenvalue weighted by molar-refractivity contribution is 7.89. The maximum atomic E-state index is 12.6. The Morgan fingerprint density at radius 2 is 1.42 bits per heavy atom. The number of unbranched alkanes of at least 4 members (excludes halogenated alkanes) is 9. The number of carbonyl (C=O) groups is 2. The molecule has 0 bridgehead atoms. The van der Waals surface area contributed by atoms with Crippen LogP contribution in [0.2, 0.25) is 0 Å². The second kappa shape index (κ2) is 19.2. The lowest BCUT2D eigenvalue weighted by Gasteiger charge is -2.17. The van der Waals surface area contributed by atoms with Gasteiger partial charge in [0.05, 0.1) is 11.9 Å². The molecule has 8 nitrogen and oxygen atoms in total. The highest BCUT2D eigenvalue weighted by Gasteiger charge is 2.29. The molecule has 0 radical (unpaired) electrons. The van der Waals surface area contributed by atoms with Crippen LogP contribution in [0.4, 0.5) is 5.69 Å². The van der Waals surface area contributed by atoms with E-state index in [4.69, 9.17) is 14.6 Å². The number of para-hydroxylation sites is 1. The summed E-state index contributed by atoms with van der Waals surface area (Å²) < 4.78 is 34.6. The van der Waals surface area contributed by atoms with E-state index >= 15 is 0 Å². The Morgan fingerprint density at radius 1 is 0.861 bits per heavy atom. The molecule has 0 aromatic heterocycles. The first-order chi connectivity index (χ1) is 17.3. The van der Waals surface area contributed by atoms with E-state index in [9.17, 15) is 18.0 Å². The van der Waals surface area contributed by atoms with E-state index in [1.54, 1.807) is 31.2 Å². The van der Waals surface area contributed by atoms with Crippen molar-refractivity contribution >= 4 is 27.6 Å². The highest BCUT2D eigenvalue weighted by atomic mass is 32.2. The topological polar surface area (TPSA) is 125 Å². The summed E-state index contributed by atoms with van der Waals surface area (Å²) in [4.78, 5) is 24.8. The number of carbonyl (C=O) groups excluding carboxylic acids is 2. The number of esters is 1. The Labute approximate surface area is 217 Å². The predicted molar refractivity (Wildman–Crippen MR) is 144 cm³/mol. The lowest BCUT2D eigenvalue weighted by Crippen LogP contribution is -2.39. The third-order valence-corrected chi connectivity index (χ3v) is 7.48. The molecule has 1 aromatic carbocycles. The number of primary sulfonamides is 1. The van der Waals surface area contributed by atoms with Crippen LogP contribution in [0.5, 0.6) is 0 Å². The summed E-state index contributed by atoms with van der Waals surface area (Å²) in [5.74, 6) is -1.36. The standard InChI is InChI=1S/C27H46N2O6S/c1-3-5-6-7-8-9-10-11-15-20-24(36(28,32)33)21-16-17-22-35-25(27(31)34-4-2)26(30)29-23-18-13-12-14-19-23/h12-14,18-19,24-25H,3-11,15-17,20-22H2,1-2H3,(H,29,30)(H2,28,32,33). The molecule has 0 saturated carbocycles. The van der Waals surface area contributed by atoms with Gasteiger partial charge in [-0.3, -0.25) is 4.79 Å². The lowest BCUT2D eigenvalue weighted by molar-refractivity contribution is -0.160. The van der Waals surface area contributed by atoms with Crippen molar-refractivity contribution in [3.8, 4) is 0 Å². The first kappa shape index (κ1) is 32.1. The van der Waals surface area contributed by atoms with Gasteiger partial charge in [-0.15, -0.1) is 0 Å². The highest BCUT2D eigenvalue weighted by Crippen LogP contribution is 2.18. The van der Waals surface area contributed by atoms with Crippen LogP contribution in [0, 0.1) is 0 Å². The van der Waals surface area contributed by atoms with Gasteiger partial charge >= 0.3 is 5.97 Å². The van der Waals surface area contributed by atoms with Gasteiger partial charge in [0.15, 0.2) is 0 Å². The zero-order valence-corrected chi connectivity index (χ0v) is 22.9. The average Bonchev–Trinajstić information content (AvgIpc) is 2.83. The molecule has 0 saturated heterocycles. The molecule has 206 valence electrons. The molecule has 0 heterocycles. The van der Waals surface area contributed by atoms with Crippen LogP contribution in [0.15, 0.2) is 30.3 Å².